The summed E-state index contributed by atoms with van der Waals surface area (Å²) < 4.78 is 50.9. The normalized spacial score (nSPS) is 23.9. The van der Waals surface area contributed by atoms with E-state index in [9.17, 15) is 83.0 Å². The van der Waals surface area contributed by atoms with Gasteiger partial charge >= 0.3 is 35.7 Å². The molecule has 4 aromatic rings. The number of benzene rings is 3. The van der Waals surface area contributed by atoms with Gasteiger partial charge in [-0.05, 0) is 80.3 Å². The molecular weight excluding hydrogens is 1340 g/mol. The van der Waals surface area contributed by atoms with Gasteiger partial charge in [0.25, 0.3) is 24.1 Å². The molecule has 3 saturated heterocycles. The van der Waals surface area contributed by atoms with Crippen molar-refractivity contribution in [3.63, 3.8) is 0 Å². The Hall–Kier alpha value is -6.91. The minimum absolute atomic E-state index is 0. The van der Waals surface area contributed by atoms with Crippen LogP contribution >= 0.6 is 12.3 Å². The van der Waals surface area contributed by atoms with Crippen molar-refractivity contribution >= 4 is 63.7 Å². The summed E-state index contributed by atoms with van der Waals surface area (Å²) in [6.07, 6.45) is -7.37. The standard InChI is InChI=1S/C62H84N10O23S2.Na/c1-5-23-91-62(86)63-22-21-47(77)51-61(85)72-32-34(2)53(79)52(72)58(83)65-30-40(74)28-43(66-55(80)38-14-12-37(13-15-38)54-69-59(92-70-54)39-16-18-42(19-17-39)97(88,89)25-10-8-6-7-9-24-90-4)56(81)68-50(35(3)73)60(84)71-33-41(75)29-45(71)57(82)67-44(31-64-51)48(78)26-36-11-20-46(76)49(27-36)93-96-95-94-87;/h5,11-20,27,34-35,40-41,43-45,47-48,50-53,64,73-79,87H,1,6-10,21-26,28-33H2,2-4H3,(H,63,86)(H,65,83)(H,66,80)(H,67,82)(H,68,81);/q;+1/p-1/t34-,35+,40+,41+,43+,44-,45+,47-,48-,50+,51+,52+,53+;/m1./s1. The quantitative estimate of drug-likeness (QED) is 0.00667. The number of nitrogens with one attached hydrogen (secondary N) is 6. The van der Waals surface area contributed by atoms with Crippen LogP contribution in [0.5, 0.6) is 11.5 Å². The van der Waals surface area contributed by atoms with Crippen molar-refractivity contribution in [1.82, 2.24) is 51.8 Å². The summed E-state index contributed by atoms with van der Waals surface area (Å²) in [6, 6.07) is 5.04. The van der Waals surface area contributed by atoms with Crippen molar-refractivity contribution in [3.05, 3.63) is 90.5 Å². The molecule has 98 heavy (non-hydrogen) atoms. The van der Waals surface area contributed by atoms with Gasteiger partial charge in [0.15, 0.2) is 21.3 Å². The zero-order valence-electron chi connectivity index (χ0n) is 54.4. The Bertz CT molecular complexity index is 3430. The second-order valence-corrected chi connectivity index (χ2v) is 26.4. The van der Waals surface area contributed by atoms with Crippen molar-refractivity contribution in [3.8, 4) is 34.3 Å². The summed E-state index contributed by atoms with van der Waals surface area (Å²) >= 11 is 0.0426. The second kappa shape index (κ2) is 38.6. The minimum atomic E-state index is -3.56. The first kappa shape index (κ1) is 80.1. The maximum Gasteiger partial charge on any atom is 1.00 e. The number of carbonyl (C=O) groups excluding carboxylic acids is 7. The fourth-order valence-electron chi connectivity index (χ4n) is 11.3. The van der Waals surface area contributed by atoms with Gasteiger partial charge in [0.2, 0.25) is 35.4 Å². The van der Waals surface area contributed by atoms with E-state index in [1.807, 2.05) is 0 Å². The van der Waals surface area contributed by atoms with Gasteiger partial charge in [0.1, 0.15) is 36.8 Å². The van der Waals surface area contributed by atoms with E-state index in [-0.39, 0.29) is 107 Å². The molecule has 3 fully saturated rings. The van der Waals surface area contributed by atoms with Crippen LogP contribution in [0.15, 0.2) is 88.8 Å². The van der Waals surface area contributed by atoms with E-state index in [1.165, 1.54) is 73.7 Å². The number of rotatable bonds is 27. The number of phenols is 1. The zero-order valence-corrected chi connectivity index (χ0v) is 58.1. The average Bonchev–Trinajstić information content (AvgIpc) is 1.63. The fourth-order valence-corrected chi connectivity index (χ4v) is 12.9. The number of alkyl carbamates (subject to hydrolysis) is 1. The average molecular weight is 1420 g/mol. The number of aromatic nitrogens is 2. The molecule has 7 rings (SSSR count). The van der Waals surface area contributed by atoms with Crippen molar-refractivity contribution < 1.29 is 140 Å². The molecule has 0 radical (unpaired) electrons. The number of hydrogen-bond acceptors (Lipinski definition) is 27. The summed E-state index contributed by atoms with van der Waals surface area (Å²) in [7, 11) is -1.93. The number of unbranched alkanes of at least 4 members (excludes halogenated alkanes) is 4. The van der Waals surface area contributed by atoms with E-state index in [0.717, 1.165) is 48.5 Å². The first-order chi connectivity index (χ1) is 46.3. The molecule has 0 saturated carbocycles. The van der Waals surface area contributed by atoms with Crippen molar-refractivity contribution in [2.75, 3.05) is 58.8 Å². The molecule has 13 N–H and O–H groups in total. The van der Waals surface area contributed by atoms with E-state index in [1.54, 1.807) is 7.11 Å². The summed E-state index contributed by atoms with van der Waals surface area (Å²) in [4.78, 5) is 106. The van der Waals surface area contributed by atoms with Crippen LogP contribution < -0.4 is 70.9 Å². The Morgan fingerprint density at radius 2 is 1.55 bits per heavy atom. The van der Waals surface area contributed by atoms with Gasteiger partial charge in [0.05, 0.1) is 53.3 Å². The van der Waals surface area contributed by atoms with Gasteiger partial charge in [-0.15, -0.1) is 4.33 Å². The van der Waals surface area contributed by atoms with Crippen LogP contribution in [0.1, 0.15) is 81.1 Å². The first-order valence-electron chi connectivity index (χ1n) is 31.4. The Labute approximate surface area is 591 Å². The van der Waals surface area contributed by atoms with E-state index in [4.69, 9.17) is 18.2 Å². The Kier molecular flexibility index (Phi) is 31.5. The molecule has 0 unspecified atom stereocenters. The summed E-state index contributed by atoms with van der Waals surface area (Å²) in [5.41, 5.74) is 0.939. The molecule has 3 aliphatic heterocycles. The summed E-state index contributed by atoms with van der Waals surface area (Å²) in [5, 5.41) is 113. The smallest absolute Gasteiger partial charge is 0.691 e. The molecule has 4 heterocycles. The van der Waals surface area contributed by atoms with Crippen LogP contribution in [0.3, 0.4) is 0 Å². The number of phenolic OH excluding ortho intramolecular Hbond substituents is 1. The van der Waals surface area contributed by atoms with E-state index < -0.39 is 175 Å². The number of aliphatic hydroxyl groups excluding tert-OH is 6. The maximum absolute atomic E-state index is 15.0. The number of β-amino-alcohol motifs (C(OH)–C–C–N with tert-alkyl or cyclic N) is 1. The molecule has 7 amide bonds. The molecule has 532 valence electrons. The molecule has 3 aliphatic rings. The molecule has 0 spiro atoms. The Balaban J connectivity index is 0.0000152. The number of ether oxygens (including phenoxy) is 2. The largest absolute Gasteiger partial charge is 1.00 e. The number of aromatic hydroxyl groups is 1. The van der Waals surface area contributed by atoms with E-state index in [2.05, 4.69) is 58.0 Å². The van der Waals surface area contributed by atoms with Crippen LogP contribution in [0.2, 0.25) is 0 Å². The van der Waals surface area contributed by atoms with Crippen LogP contribution in [0.25, 0.3) is 22.8 Å². The number of carbonyl (C=O) groups is 7. The van der Waals surface area contributed by atoms with Crippen LogP contribution in [0, 0.1) is 5.92 Å². The van der Waals surface area contributed by atoms with E-state index >= 15 is 0 Å². The first-order valence-corrected chi connectivity index (χ1v) is 33.7. The predicted octanol–water partition coefficient (Wildman–Crippen LogP) is -4.63. The molecular formula is C62H83N10NaO23S2. The van der Waals surface area contributed by atoms with Gasteiger partial charge in [-0.2, -0.15) is 4.98 Å². The van der Waals surface area contributed by atoms with Gasteiger partial charge in [-0.25, -0.2) is 13.2 Å². The Morgan fingerprint density at radius 3 is 2.24 bits per heavy atom. The maximum atomic E-state index is 15.0. The number of hydrogen-bond donors (Lipinski definition) is 13. The summed E-state index contributed by atoms with van der Waals surface area (Å²) in [5.74, 6) is -7.63. The van der Waals surface area contributed by atoms with Gasteiger partial charge in [-0.3, -0.25) is 33.8 Å². The van der Waals surface area contributed by atoms with Crippen LogP contribution in [-0.4, -0.2) is 237 Å². The van der Waals surface area contributed by atoms with Crippen LogP contribution in [-0.2, 0) is 59.1 Å². The monoisotopic (exact) mass is 1420 g/mol. The number of aliphatic hydroxyl groups is 6. The van der Waals surface area contributed by atoms with Crippen LogP contribution in [0.4, 0.5) is 4.79 Å². The van der Waals surface area contributed by atoms with Gasteiger partial charge in [-0.1, -0.05) is 62.2 Å². The molecule has 36 heteroatoms. The molecule has 33 nitrogen and oxygen atoms in total. The minimum Gasteiger partial charge on any atom is -0.691 e. The second-order valence-electron chi connectivity index (χ2n) is 23.8. The number of fused-ring (bicyclic) bond motifs is 2. The van der Waals surface area contributed by atoms with Crippen molar-refractivity contribution in [2.24, 2.45) is 5.92 Å². The predicted molar refractivity (Wildman–Crippen MR) is 340 cm³/mol. The third-order valence-corrected chi connectivity index (χ3v) is 18.8. The van der Waals surface area contributed by atoms with Gasteiger partial charge in [0, 0.05) is 88.3 Å². The van der Waals surface area contributed by atoms with E-state index in [0.29, 0.717) is 24.2 Å². The SMILES string of the molecule is C=CCOC(=O)NCC[C@@H](O)[C@@H]1NC[C@H]([C@H](O)Cc2ccc(O)c(OSOO[O-])c2)NC(=O)[C@@H]2C[C@H](O)CN2C(=O)[C@H]([C@H](C)O)NC(=O)[C@@H](NC(=O)c2ccc(-c3noc(-c4ccc(S(=O)(=O)CCCCCCCOC)cc4)n3)cc2)C[C@H](O)CNC(=O)[C@@H]2[C@@H](O)[C@H](C)CN2C1=O.[Na+]. The molecule has 3 aromatic carbocycles. The van der Waals surface area contributed by atoms with Crippen molar-refractivity contribution in [2.45, 2.75) is 149 Å². The zero-order chi connectivity index (χ0) is 70.5. The number of methoxy groups -OCH3 is 1. The molecule has 1 aromatic heterocycles. The fraction of sp³-hybridized carbons (Fsp3) is 0.532. The van der Waals surface area contributed by atoms with Gasteiger partial charge < -0.3 is 101 Å². The third-order valence-electron chi connectivity index (χ3n) is 16.6. The Morgan fingerprint density at radius 1 is 0.857 bits per heavy atom. The number of nitrogens with zero attached hydrogens (tertiary/aromatic N) is 4. The molecule has 0 bridgehead atoms. The molecule has 0 aliphatic carbocycles. The number of sulfone groups is 1. The topological polar surface area (TPSA) is 482 Å². The summed E-state index contributed by atoms with van der Waals surface area (Å²) in [6.45, 7) is 4.21. The molecule has 13 atom stereocenters. The number of amides is 7. The third kappa shape index (κ3) is 22.3. The van der Waals surface area contributed by atoms with Crippen molar-refractivity contribution in [1.29, 1.82) is 0 Å².